The van der Waals surface area contributed by atoms with E-state index in [0.29, 0.717) is 60.6 Å². The van der Waals surface area contributed by atoms with Gasteiger partial charge in [-0.2, -0.15) is 0 Å². The highest BCUT2D eigenvalue weighted by Gasteiger charge is 2.37. The maximum absolute atomic E-state index is 13.3. The van der Waals surface area contributed by atoms with Gasteiger partial charge < -0.3 is 23.7 Å². The van der Waals surface area contributed by atoms with Crippen molar-refractivity contribution in [3.05, 3.63) is 58.5 Å². The molecule has 1 unspecified atom stereocenters. The van der Waals surface area contributed by atoms with Gasteiger partial charge >= 0.3 is 0 Å². The van der Waals surface area contributed by atoms with Crippen LogP contribution in [0.1, 0.15) is 43.8 Å². The minimum Gasteiger partial charge on any atom is -0.459 e. The van der Waals surface area contributed by atoms with Crippen molar-refractivity contribution in [2.45, 2.75) is 18.8 Å². The van der Waals surface area contributed by atoms with Crippen molar-refractivity contribution >= 4 is 34.2 Å². The van der Waals surface area contributed by atoms with Crippen molar-refractivity contribution in [1.29, 1.82) is 0 Å². The number of ether oxygens (including phenoxy) is 2. The number of carbonyl (C=O) groups excluding carboxylic acids is 3. The van der Waals surface area contributed by atoms with Gasteiger partial charge in [-0.3, -0.25) is 19.7 Å². The van der Waals surface area contributed by atoms with Crippen LogP contribution >= 0.6 is 11.3 Å². The molecule has 1 aliphatic carbocycles. The molecule has 0 bridgehead atoms. The van der Waals surface area contributed by atoms with Crippen LogP contribution in [0, 0.1) is 0 Å². The molecule has 0 spiro atoms. The van der Waals surface area contributed by atoms with E-state index in [0.717, 1.165) is 17.0 Å². The largest absolute Gasteiger partial charge is 0.459 e. The number of hydrogen-bond acceptors (Lipinski definition) is 8. The second kappa shape index (κ2) is 8.73. The predicted molar refractivity (Wildman–Crippen MR) is 125 cm³/mol. The summed E-state index contributed by atoms with van der Waals surface area (Å²) in [5.41, 5.74) is 1.19. The first-order valence-electron chi connectivity index (χ1n) is 11.4. The average molecular weight is 495 g/mol. The molecule has 10 nitrogen and oxygen atoms in total. The molecule has 3 aromatic rings. The molecule has 3 amide bonds. The summed E-state index contributed by atoms with van der Waals surface area (Å²) < 4.78 is 15.8. The van der Waals surface area contributed by atoms with E-state index in [1.54, 1.807) is 40.1 Å². The van der Waals surface area contributed by atoms with Crippen LogP contribution in [0.15, 0.2) is 41.0 Å². The Morgan fingerprint density at radius 2 is 1.83 bits per heavy atom. The Balaban J connectivity index is 1.09. The second-order valence-corrected chi connectivity index (χ2v) is 9.62. The molecule has 1 aromatic carbocycles. The fraction of sp³-hybridized carbons (Fsp3) is 0.333. The van der Waals surface area contributed by atoms with Crippen molar-refractivity contribution in [1.82, 2.24) is 14.8 Å². The third-order valence-corrected chi connectivity index (χ3v) is 7.53. The van der Waals surface area contributed by atoms with Gasteiger partial charge in [-0.25, -0.2) is 4.98 Å². The van der Waals surface area contributed by atoms with Crippen molar-refractivity contribution in [2.24, 2.45) is 0 Å². The molecule has 1 fully saturated rings. The van der Waals surface area contributed by atoms with Gasteiger partial charge in [0.25, 0.3) is 11.8 Å². The average Bonchev–Trinajstić information content (AvgIpc) is 3.67. The molecule has 4 heterocycles. The zero-order valence-corrected chi connectivity index (χ0v) is 19.5. The monoisotopic (exact) mass is 494 g/mol. The van der Waals surface area contributed by atoms with Gasteiger partial charge in [0.1, 0.15) is 0 Å². The number of aryl methyl sites for hydroxylation is 1. The predicted octanol–water partition coefficient (Wildman–Crippen LogP) is 2.73. The van der Waals surface area contributed by atoms with Gasteiger partial charge in [-0.05, 0) is 43.2 Å². The van der Waals surface area contributed by atoms with E-state index in [4.69, 9.17) is 13.9 Å². The molecule has 1 atom stereocenters. The van der Waals surface area contributed by atoms with Gasteiger partial charge in [-0.15, -0.1) is 11.3 Å². The number of fused-ring (bicyclic) bond motifs is 2. The number of nitrogens with zero attached hydrogens (tertiary/aromatic N) is 3. The van der Waals surface area contributed by atoms with Crippen LogP contribution in [0.2, 0.25) is 0 Å². The van der Waals surface area contributed by atoms with Gasteiger partial charge in [0.15, 0.2) is 22.4 Å². The fourth-order valence-corrected chi connectivity index (χ4v) is 5.67. The highest BCUT2D eigenvalue weighted by atomic mass is 32.1. The van der Waals surface area contributed by atoms with Gasteiger partial charge in [0.2, 0.25) is 12.7 Å². The number of hydrogen-bond donors (Lipinski definition) is 1. The number of anilines is 1. The zero-order chi connectivity index (χ0) is 23.9. The number of amides is 3. The molecular weight excluding hydrogens is 472 g/mol. The summed E-state index contributed by atoms with van der Waals surface area (Å²) >= 11 is 1.41. The lowest BCUT2D eigenvalue weighted by Gasteiger charge is -2.35. The van der Waals surface area contributed by atoms with E-state index in [-0.39, 0.29) is 30.4 Å². The van der Waals surface area contributed by atoms with Crippen LogP contribution in [0.25, 0.3) is 0 Å². The van der Waals surface area contributed by atoms with E-state index < -0.39 is 0 Å². The van der Waals surface area contributed by atoms with Crippen molar-refractivity contribution < 1.29 is 28.3 Å². The molecule has 0 radical (unpaired) electrons. The standard InChI is InChI=1S/C24H22N4O6S/c29-21(14-3-5-16-18(12-14)34-13-33-16)26-24-25-20-15(4-6-19(20)35-24)22(30)27-7-9-28(10-8-27)23(31)17-2-1-11-32-17/h1-3,5,11-12,15H,4,6-10,13H2,(H,25,26,29). The first kappa shape index (κ1) is 21.7. The molecule has 2 aliphatic heterocycles. The Morgan fingerprint density at radius 3 is 2.63 bits per heavy atom. The molecular formula is C24H22N4O6S. The summed E-state index contributed by atoms with van der Waals surface area (Å²) in [5, 5.41) is 3.32. The van der Waals surface area contributed by atoms with Crippen LogP contribution in [-0.4, -0.2) is 65.5 Å². The Morgan fingerprint density at radius 1 is 1.03 bits per heavy atom. The first-order valence-corrected chi connectivity index (χ1v) is 12.2. The lowest BCUT2D eigenvalue weighted by molar-refractivity contribution is -0.134. The van der Waals surface area contributed by atoms with Gasteiger partial charge in [0, 0.05) is 36.6 Å². The summed E-state index contributed by atoms with van der Waals surface area (Å²) in [6, 6.07) is 8.35. The summed E-state index contributed by atoms with van der Waals surface area (Å²) in [4.78, 5) is 47.6. The summed E-state index contributed by atoms with van der Waals surface area (Å²) in [6.07, 6.45) is 2.93. The van der Waals surface area contributed by atoms with Crippen molar-refractivity contribution in [3.63, 3.8) is 0 Å². The number of carbonyl (C=O) groups is 3. The van der Waals surface area contributed by atoms with Crippen molar-refractivity contribution in [3.8, 4) is 11.5 Å². The maximum Gasteiger partial charge on any atom is 0.289 e. The number of benzene rings is 1. The van der Waals surface area contributed by atoms with E-state index in [2.05, 4.69) is 10.3 Å². The Bertz CT molecular complexity index is 1300. The Hall–Kier alpha value is -3.86. The molecule has 11 heteroatoms. The van der Waals surface area contributed by atoms with E-state index >= 15 is 0 Å². The highest BCUT2D eigenvalue weighted by Crippen LogP contribution is 2.40. The van der Waals surface area contributed by atoms with Gasteiger partial charge in [-0.1, -0.05) is 0 Å². The SMILES string of the molecule is O=C(Nc1nc2c(s1)CCC2C(=O)N1CCN(C(=O)c2ccco2)CC1)c1ccc2c(c1)OCO2. The lowest BCUT2D eigenvalue weighted by atomic mass is 10.1. The summed E-state index contributed by atoms with van der Waals surface area (Å²) in [6.45, 7) is 1.99. The molecule has 1 N–H and O–H groups in total. The molecule has 6 rings (SSSR count). The van der Waals surface area contributed by atoms with Crippen molar-refractivity contribution in [2.75, 3.05) is 38.3 Å². The van der Waals surface area contributed by atoms with Crippen LogP contribution in [0.3, 0.4) is 0 Å². The maximum atomic E-state index is 13.3. The molecule has 3 aliphatic rings. The molecule has 2 aromatic heterocycles. The lowest BCUT2D eigenvalue weighted by Crippen LogP contribution is -2.51. The van der Waals surface area contributed by atoms with Crippen LogP contribution in [-0.2, 0) is 11.2 Å². The van der Waals surface area contributed by atoms with Gasteiger partial charge in [0.05, 0.1) is 17.9 Å². The third kappa shape index (κ3) is 4.01. The zero-order valence-electron chi connectivity index (χ0n) is 18.7. The number of rotatable bonds is 4. The van der Waals surface area contributed by atoms with E-state index in [1.165, 1.54) is 17.6 Å². The minimum atomic E-state index is -0.329. The normalized spacial score (nSPS) is 18.5. The quantitative estimate of drug-likeness (QED) is 0.593. The molecule has 35 heavy (non-hydrogen) atoms. The first-order chi connectivity index (χ1) is 17.1. The van der Waals surface area contributed by atoms with Crippen LogP contribution in [0.5, 0.6) is 11.5 Å². The fourth-order valence-electron chi connectivity index (χ4n) is 4.63. The number of nitrogens with one attached hydrogen (secondary N) is 1. The Labute approximate surface area is 204 Å². The Kier molecular flexibility index (Phi) is 5.40. The summed E-state index contributed by atoms with van der Waals surface area (Å²) in [7, 11) is 0. The number of thiazole rings is 1. The topological polar surface area (TPSA) is 114 Å². The van der Waals surface area contributed by atoms with Crippen LogP contribution in [0.4, 0.5) is 5.13 Å². The number of aromatic nitrogens is 1. The molecule has 0 saturated carbocycles. The van der Waals surface area contributed by atoms with Crippen LogP contribution < -0.4 is 14.8 Å². The second-order valence-electron chi connectivity index (χ2n) is 8.54. The molecule has 180 valence electrons. The van der Waals surface area contributed by atoms with E-state index in [9.17, 15) is 14.4 Å². The summed E-state index contributed by atoms with van der Waals surface area (Å²) in [5.74, 6) is 0.697. The third-order valence-electron chi connectivity index (χ3n) is 6.48. The minimum absolute atomic E-state index is 0.0211. The smallest absolute Gasteiger partial charge is 0.289 e. The number of furan rings is 1. The molecule has 1 saturated heterocycles. The number of piperazine rings is 1. The van der Waals surface area contributed by atoms with E-state index in [1.807, 2.05) is 0 Å². The highest BCUT2D eigenvalue weighted by molar-refractivity contribution is 7.16.